The van der Waals surface area contributed by atoms with E-state index in [4.69, 9.17) is 15.2 Å². The van der Waals surface area contributed by atoms with Crippen LogP contribution >= 0.6 is 0 Å². The van der Waals surface area contributed by atoms with Crippen molar-refractivity contribution in [3.8, 4) is 11.5 Å². The van der Waals surface area contributed by atoms with Crippen LogP contribution in [0.2, 0.25) is 0 Å². The quantitative estimate of drug-likeness (QED) is 0.390. The molecule has 204 valence electrons. The van der Waals surface area contributed by atoms with E-state index in [2.05, 4.69) is 10.0 Å². The van der Waals surface area contributed by atoms with Crippen LogP contribution in [0.4, 0.5) is 11.4 Å². The molecule has 2 aliphatic heterocycles. The molecule has 0 aromatic heterocycles. The first-order valence-corrected chi connectivity index (χ1v) is 14.2. The molecule has 10 nitrogen and oxygen atoms in total. The normalized spacial score (nSPS) is 16.1. The van der Waals surface area contributed by atoms with Crippen LogP contribution in [0.5, 0.6) is 11.5 Å². The van der Waals surface area contributed by atoms with Crippen LogP contribution in [0.15, 0.2) is 71.6 Å². The molecule has 11 heteroatoms. The highest BCUT2D eigenvalue weighted by Crippen LogP contribution is 2.34. The molecule has 0 bridgehead atoms. The second-order valence-corrected chi connectivity index (χ2v) is 11.3. The van der Waals surface area contributed by atoms with Crippen LogP contribution < -0.4 is 30.1 Å². The minimum Gasteiger partial charge on any atom is -0.454 e. The van der Waals surface area contributed by atoms with Crippen LogP contribution in [0.3, 0.4) is 0 Å². The zero-order chi connectivity index (χ0) is 27.6. The van der Waals surface area contributed by atoms with Crippen LogP contribution in [0.25, 0.3) is 0 Å². The Morgan fingerprint density at radius 3 is 2.41 bits per heavy atom. The van der Waals surface area contributed by atoms with Gasteiger partial charge in [-0.2, -0.15) is 0 Å². The molecular formula is C28H30N4O6S. The number of piperidine rings is 1. The molecule has 2 heterocycles. The number of nitrogens with two attached hydrogens (primary N) is 1. The Labute approximate surface area is 227 Å². The van der Waals surface area contributed by atoms with E-state index >= 15 is 0 Å². The van der Waals surface area contributed by atoms with E-state index in [-0.39, 0.29) is 23.5 Å². The Morgan fingerprint density at radius 1 is 0.974 bits per heavy atom. The predicted octanol–water partition coefficient (Wildman–Crippen LogP) is 3.41. The third-order valence-electron chi connectivity index (χ3n) is 7.01. The van der Waals surface area contributed by atoms with Crippen molar-refractivity contribution in [3.63, 3.8) is 0 Å². The second-order valence-electron chi connectivity index (χ2n) is 9.62. The maximum atomic E-state index is 13.7. The minimum absolute atomic E-state index is 0.0336. The lowest BCUT2D eigenvalue weighted by atomic mass is 9.96. The SMILES string of the molecule is C[C@@H](NS(=O)(=O)c1cc(NC(=O)c2ccc3c(c2)OCO3)ccc1N1CCC(C(N)=O)CC1)c1ccccc1. The van der Waals surface area contributed by atoms with Crippen LogP contribution in [0.1, 0.15) is 41.7 Å². The lowest BCUT2D eigenvalue weighted by molar-refractivity contribution is -0.122. The van der Waals surface area contributed by atoms with E-state index in [1.54, 1.807) is 37.3 Å². The zero-order valence-corrected chi connectivity index (χ0v) is 22.2. The van der Waals surface area contributed by atoms with Gasteiger partial charge in [-0.3, -0.25) is 9.59 Å². The highest BCUT2D eigenvalue weighted by atomic mass is 32.2. The number of carbonyl (C=O) groups is 2. The summed E-state index contributed by atoms with van der Waals surface area (Å²) < 4.78 is 40.9. The fraction of sp³-hybridized carbons (Fsp3) is 0.286. The summed E-state index contributed by atoms with van der Waals surface area (Å²) in [5.74, 6) is 0.0280. The lowest BCUT2D eigenvalue weighted by Gasteiger charge is -2.33. The average molecular weight is 551 g/mol. The Hall–Kier alpha value is -4.09. The Kier molecular flexibility index (Phi) is 7.45. The molecule has 0 unspecified atom stereocenters. The van der Waals surface area contributed by atoms with Gasteiger partial charge in [0.2, 0.25) is 22.7 Å². The zero-order valence-electron chi connectivity index (χ0n) is 21.4. The summed E-state index contributed by atoms with van der Waals surface area (Å²) in [7, 11) is -4.02. The molecule has 1 atom stereocenters. The van der Waals surface area contributed by atoms with Crippen molar-refractivity contribution in [2.75, 3.05) is 30.1 Å². The molecule has 1 fully saturated rings. The van der Waals surface area contributed by atoms with Crippen molar-refractivity contribution in [3.05, 3.63) is 77.9 Å². The molecule has 2 aliphatic rings. The van der Waals surface area contributed by atoms with Crippen molar-refractivity contribution in [1.29, 1.82) is 0 Å². The number of anilines is 2. The number of sulfonamides is 1. The molecule has 1 saturated heterocycles. The number of nitrogens with one attached hydrogen (secondary N) is 2. The largest absolute Gasteiger partial charge is 0.454 e. The van der Waals surface area contributed by atoms with E-state index in [0.717, 1.165) is 5.56 Å². The van der Waals surface area contributed by atoms with Gasteiger partial charge >= 0.3 is 0 Å². The van der Waals surface area contributed by atoms with E-state index in [0.29, 0.717) is 54.4 Å². The molecule has 5 rings (SSSR count). The number of hydrogen-bond donors (Lipinski definition) is 3. The van der Waals surface area contributed by atoms with Crippen molar-refractivity contribution < 1.29 is 27.5 Å². The van der Waals surface area contributed by atoms with E-state index in [1.807, 2.05) is 35.2 Å². The fourth-order valence-corrected chi connectivity index (χ4v) is 6.30. The van der Waals surface area contributed by atoms with Crippen molar-refractivity contribution in [1.82, 2.24) is 4.72 Å². The highest BCUT2D eigenvalue weighted by molar-refractivity contribution is 7.89. The second kappa shape index (κ2) is 11.0. The van der Waals surface area contributed by atoms with Gasteiger partial charge in [-0.05, 0) is 61.7 Å². The minimum atomic E-state index is -4.02. The third-order valence-corrected chi connectivity index (χ3v) is 8.58. The van der Waals surface area contributed by atoms with Gasteiger partial charge in [-0.1, -0.05) is 30.3 Å². The van der Waals surface area contributed by atoms with E-state index in [9.17, 15) is 18.0 Å². The summed E-state index contributed by atoms with van der Waals surface area (Å²) in [6.07, 6.45) is 1.07. The summed E-state index contributed by atoms with van der Waals surface area (Å²) in [6.45, 7) is 2.82. The Balaban J connectivity index is 1.44. The number of benzene rings is 3. The van der Waals surface area contributed by atoms with Crippen molar-refractivity contribution in [2.24, 2.45) is 11.7 Å². The molecule has 4 N–H and O–H groups in total. The smallest absolute Gasteiger partial charge is 0.255 e. The summed E-state index contributed by atoms with van der Waals surface area (Å²) in [4.78, 5) is 26.6. The van der Waals surface area contributed by atoms with Gasteiger partial charge in [-0.25, -0.2) is 13.1 Å². The number of carbonyl (C=O) groups excluding carboxylic acids is 2. The summed E-state index contributed by atoms with van der Waals surface area (Å²) in [6, 6.07) is 18.4. The van der Waals surface area contributed by atoms with E-state index in [1.165, 1.54) is 6.07 Å². The van der Waals surface area contributed by atoms with Crippen molar-refractivity contribution >= 4 is 33.2 Å². The third kappa shape index (κ3) is 5.84. The van der Waals surface area contributed by atoms with Gasteiger partial charge in [-0.15, -0.1) is 0 Å². The van der Waals surface area contributed by atoms with Crippen LogP contribution in [-0.4, -0.2) is 40.1 Å². The first kappa shape index (κ1) is 26.5. The first-order valence-electron chi connectivity index (χ1n) is 12.7. The van der Waals surface area contributed by atoms with Crippen molar-refractivity contribution in [2.45, 2.75) is 30.7 Å². The number of primary amides is 1. The van der Waals surface area contributed by atoms with Crippen LogP contribution in [-0.2, 0) is 14.8 Å². The maximum absolute atomic E-state index is 13.7. The number of fused-ring (bicyclic) bond motifs is 1. The average Bonchev–Trinajstić information content (AvgIpc) is 3.41. The molecule has 0 saturated carbocycles. The summed E-state index contributed by atoms with van der Waals surface area (Å²) >= 11 is 0. The molecule has 0 spiro atoms. The topological polar surface area (TPSA) is 140 Å². The molecule has 3 aromatic rings. The number of ether oxygens (including phenoxy) is 2. The molecule has 2 amide bonds. The van der Waals surface area contributed by atoms with Crippen LogP contribution in [0, 0.1) is 5.92 Å². The van der Waals surface area contributed by atoms with Gasteiger partial charge in [0.05, 0.1) is 5.69 Å². The van der Waals surface area contributed by atoms with E-state index < -0.39 is 22.0 Å². The molecule has 0 radical (unpaired) electrons. The van der Waals surface area contributed by atoms with Gasteiger partial charge in [0.25, 0.3) is 5.91 Å². The van der Waals surface area contributed by atoms with Gasteiger partial charge in [0.1, 0.15) is 4.90 Å². The molecule has 0 aliphatic carbocycles. The molecular weight excluding hydrogens is 520 g/mol. The number of rotatable bonds is 8. The highest BCUT2D eigenvalue weighted by Gasteiger charge is 2.29. The predicted molar refractivity (Wildman–Crippen MR) is 146 cm³/mol. The number of amides is 2. The fourth-order valence-electron chi connectivity index (χ4n) is 4.82. The maximum Gasteiger partial charge on any atom is 0.255 e. The molecule has 39 heavy (non-hydrogen) atoms. The van der Waals surface area contributed by atoms with Gasteiger partial charge in [0, 0.05) is 36.3 Å². The lowest BCUT2D eigenvalue weighted by Crippen LogP contribution is -2.39. The summed E-state index contributed by atoms with van der Waals surface area (Å²) in [5.41, 5.74) is 7.46. The molecule has 3 aromatic carbocycles. The standard InChI is InChI=1S/C28H30N4O6S/c1-18(19-5-3-2-4-6-19)31-39(35,36)26-16-22(8-9-23(26)32-13-11-20(12-14-32)27(29)33)30-28(34)21-7-10-24-25(15-21)38-17-37-24/h2-10,15-16,18,20,31H,11-14,17H2,1H3,(H2,29,33)(H,30,34)/t18-/m1/s1. The number of nitrogens with zero attached hydrogens (tertiary/aromatic N) is 1. The number of hydrogen-bond acceptors (Lipinski definition) is 7. The Bertz CT molecular complexity index is 1490. The Morgan fingerprint density at radius 2 is 1.69 bits per heavy atom. The van der Waals surface area contributed by atoms with Gasteiger partial charge in [0.15, 0.2) is 11.5 Å². The monoisotopic (exact) mass is 550 g/mol. The van der Waals surface area contributed by atoms with Gasteiger partial charge < -0.3 is 25.4 Å². The first-order chi connectivity index (χ1) is 18.7. The summed E-state index contributed by atoms with van der Waals surface area (Å²) in [5, 5.41) is 2.79.